The van der Waals surface area contributed by atoms with E-state index in [-0.39, 0.29) is 52.7 Å². The molecule has 0 aromatic carbocycles. The lowest BCUT2D eigenvalue weighted by Gasteiger charge is -2.44. The summed E-state index contributed by atoms with van der Waals surface area (Å²) in [6.45, 7) is -1.07. The fourth-order valence-corrected chi connectivity index (χ4v) is 7.77. The van der Waals surface area contributed by atoms with Gasteiger partial charge in [0.2, 0.25) is 0 Å². The Morgan fingerprint density at radius 1 is 0.389 bits per heavy atom. The predicted molar refractivity (Wildman–Crippen MR) is 180 cm³/mol. The van der Waals surface area contributed by atoms with Crippen molar-refractivity contribution in [3.05, 3.63) is 0 Å². The van der Waals surface area contributed by atoms with E-state index in [1.54, 1.807) is 6.92 Å². The minimum absolute atomic E-state index is 0.00771. The Morgan fingerprint density at radius 2 is 0.741 bits per heavy atom. The van der Waals surface area contributed by atoms with Crippen molar-refractivity contribution in [2.45, 2.75) is 124 Å². The summed E-state index contributed by atoms with van der Waals surface area (Å²) in [5.41, 5.74) is 0. The highest BCUT2D eigenvalue weighted by Crippen LogP contribution is 2.32. The van der Waals surface area contributed by atoms with Crippen molar-refractivity contribution < 1.29 is 99.2 Å². The lowest BCUT2D eigenvalue weighted by atomic mass is 9.84. The third kappa shape index (κ3) is 10.8. The number of methoxy groups -OCH3 is 1. The first-order chi connectivity index (χ1) is 25.8. The van der Waals surface area contributed by atoms with Crippen LogP contribution in [0.1, 0.15) is 19.8 Å². The van der Waals surface area contributed by atoms with E-state index in [0.29, 0.717) is 6.42 Å². The van der Waals surface area contributed by atoms with Gasteiger partial charge in [0.05, 0.1) is 102 Å². The fourth-order valence-electron chi connectivity index (χ4n) is 7.77. The maximum Gasteiger partial charge on any atom is 0.111 e. The number of rotatable bonds is 19. The first-order valence-corrected chi connectivity index (χ1v) is 18.6. The van der Waals surface area contributed by atoms with E-state index in [9.17, 15) is 61.3 Å². The molecule has 8 unspecified atom stereocenters. The van der Waals surface area contributed by atoms with Crippen molar-refractivity contribution in [2.24, 2.45) is 17.8 Å². The van der Waals surface area contributed by atoms with Gasteiger partial charge in [-0.25, -0.2) is 0 Å². The maximum absolute atomic E-state index is 11.4. The summed E-state index contributed by atoms with van der Waals surface area (Å²) in [5.74, 6) is -2.49. The fraction of sp³-hybridized carbons (Fsp3) is 1.00. The first kappa shape index (κ1) is 45.9. The molecular weight excluding hydrogens is 728 g/mol. The molecule has 4 saturated heterocycles. The van der Waals surface area contributed by atoms with Crippen molar-refractivity contribution in [3.8, 4) is 0 Å². The summed E-state index contributed by atoms with van der Waals surface area (Å²) >= 11 is 0. The van der Waals surface area contributed by atoms with E-state index < -0.39 is 141 Å². The highest BCUT2D eigenvalue weighted by Gasteiger charge is 2.48. The van der Waals surface area contributed by atoms with Gasteiger partial charge in [0.25, 0.3) is 0 Å². The van der Waals surface area contributed by atoms with E-state index in [2.05, 4.69) is 0 Å². The third-order valence-corrected chi connectivity index (χ3v) is 11.1. The van der Waals surface area contributed by atoms with Crippen LogP contribution in [0.4, 0.5) is 0 Å². The van der Waals surface area contributed by atoms with Crippen LogP contribution in [0.15, 0.2) is 0 Å². The quantitative estimate of drug-likeness (QED) is 0.0542. The molecule has 0 spiro atoms. The second-order valence-corrected chi connectivity index (χ2v) is 14.6. The van der Waals surface area contributed by atoms with Gasteiger partial charge >= 0.3 is 0 Å². The molecular formula is C34H62O20. The van der Waals surface area contributed by atoms with Crippen LogP contribution in [0.3, 0.4) is 0 Å². The average molecular weight is 791 g/mol. The molecule has 318 valence electrons. The Kier molecular flexibility index (Phi) is 18.5. The third-order valence-electron chi connectivity index (χ3n) is 11.1. The zero-order chi connectivity index (χ0) is 39.7. The molecule has 12 N–H and O–H groups in total. The van der Waals surface area contributed by atoms with Gasteiger partial charge < -0.3 is 99.2 Å². The van der Waals surface area contributed by atoms with Crippen LogP contribution in [0, 0.1) is 17.8 Å². The molecule has 4 aliphatic heterocycles. The summed E-state index contributed by atoms with van der Waals surface area (Å²) < 4.78 is 45.3. The minimum atomic E-state index is -1.55. The van der Waals surface area contributed by atoms with Crippen LogP contribution in [-0.2, 0) is 37.9 Å². The predicted octanol–water partition coefficient (Wildman–Crippen LogP) is -6.37. The van der Waals surface area contributed by atoms with Crippen LogP contribution in [0.5, 0.6) is 0 Å². The van der Waals surface area contributed by atoms with E-state index >= 15 is 0 Å². The van der Waals surface area contributed by atoms with E-state index in [1.165, 1.54) is 7.11 Å². The zero-order valence-electron chi connectivity index (χ0n) is 30.7. The molecule has 0 saturated carbocycles. The first-order valence-electron chi connectivity index (χ1n) is 18.6. The van der Waals surface area contributed by atoms with Crippen molar-refractivity contribution in [2.75, 3.05) is 73.2 Å². The molecule has 4 rings (SSSR count). The summed E-state index contributed by atoms with van der Waals surface area (Å²) in [7, 11) is 1.41. The van der Waals surface area contributed by atoms with Gasteiger partial charge in [-0.3, -0.25) is 0 Å². The summed E-state index contributed by atoms with van der Waals surface area (Å²) in [6.07, 6.45) is -19.5. The summed E-state index contributed by atoms with van der Waals surface area (Å²) in [4.78, 5) is 0. The van der Waals surface area contributed by atoms with Crippen LogP contribution < -0.4 is 0 Å². The van der Waals surface area contributed by atoms with Gasteiger partial charge in [0.1, 0.15) is 61.0 Å². The second kappa shape index (κ2) is 21.8. The highest BCUT2D eigenvalue weighted by atomic mass is 16.6. The Morgan fingerprint density at radius 3 is 1.20 bits per heavy atom. The van der Waals surface area contributed by atoms with Gasteiger partial charge in [-0.15, -0.1) is 0 Å². The number of aliphatic hydroxyl groups excluding tert-OH is 12. The molecule has 0 aromatic heterocycles. The Balaban J connectivity index is 1.40. The molecule has 0 bridgehead atoms. The summed E-state index contributed by atoms with van der Waals surface area (Å²) in [5, 5.41) is 125. The number of ether oxygens (including phenoxy) is 8. The lowest BCUT2D eigenvalue weighted by Crippen LogP contribution is -2.60. The average Bonchev–Trinajstić information content (AvgIpc) is 3.16. The summed E-state index contributed by atoms with van der Waals surface area (Å²) in [6, 6.07) is 0. The van der Waals surface area contributed by atoms with Gasteiger partial charge in [-0.1, -0.05) is 6.92 Å². The van der Waals surface area contributed by atoms with Crippen LogP contribution in [0.25, 0.3) is 0 Å². The molecule has 54 heavy (non-hydrogen) atoms. The molecule has 4 fully saturated rings. The van der Waals surface area contributed by atoms with Crippen molar-refractivity contribution in [1.29, 1.82) is 0 Å². The molecule has 20 nitrogen and oxygen atoms in total. The van der Waals surface area contributed by atoms with Gasteiger partial charge in [0, 0.05) is 31.5 Å². The molecule has 0 radical (unpaired) electrons. The Bertz CT molecular complexity index is 1060. The largest absolute Gasteiger partial charge is 0.394 e. The maximum atomic E-state index is 11.4. The normalized spacial score (nSPS) is 46.1. The molecule has 0 aromatic rings. The Labute approximate surface area is 313 Å². The number of hydrogen-bond acceptors (Lipinski definition) is 20. The standard InChI is InChI=1S/C34H62O20/c1-3-15-26(38)19(6-35)53-24(27(15)39)13-50-10-17-30(42)23(12-48-5-4-18-32(44)34(46)33(45)21(8-37)51-18)54-25(31(17)43)14-49-9-16-28(40)20(7-36)52-22(11-47-2)29(16)41/h15-46H,3-14H2,1-2H3/t15-,16-,17-,18+,19?,20?,21?,22+,23?,24+,25+,26+,27?,28+,29?,30+,31?,32?,33-,34+/m1/s1. The molecule has 20 heteroatoms. The van der Waals surface area contributed by atoms with Crippen LogP contribution in [0.2, 0.25) is 0 Å². The van der Waals surface area contributed by atoms with E-state index in [1.807, 2.05) is 0 Å². The van der Waals surface area contributed by atoms with Crippen molar-refractivity contribution in [1.82, 2.24) is 0 Å². The Hall–Kier alpha value is -0.800. The molecule has 0 aliphatic carbocycles. The lowest BCUT2D eigenvalue weighted by molar-refractivity contribution is -0.250. The highest BCUT2D eigenvalue weighted by molar-refractivity contribution is 4.96. The minimum Gasteiger partial charge on any atom is -0.394 e. The number of aliphatic hydroxyl groups is 12. The molecule has 0 amide bonds. The van der Waals surface area contributed by atoms with Gasteiger partial charge in [0.15, 0.2) is 0 Å². The molecule has 20 atom stereocenters. The van der Waals surface area contributed by atoms with Crippen LogP contribution in [-0.4, -0.2) is 238 Å². The number of hydrogen-bond donors (Lipinski definition) is 12. The second-order valence-electron chi connectivity index (χ2n) is 14.6. The van der Waals surface area contributed by atoms with Gasteiger partial charge in [-0.05, 0) is 12.8 Å². The molecule has 4 heterocycles. The van der Waals surface area contributed by atoms with E-state index in [4.69, 9.17) is 37.9 Å². The van der Waals surface area contributed by atoms with Crippen molar-refractivity contribution in [3.63, 3.8) is 0 Å². The van der Waals surface area contributed by atoms with Crippen LogP contribution >= 0.6 is 0 Å². The SMILES string of the molecule is CC[C@H]1C(O)[C@H](COC[C@H]2C(O)[C@H](COC[C@H]3C(O)[C@H](COC)OC(CO)[C@H]3O)OC(COCC[C@@H]3OC(CO)[C@@H](O)[C@@H](O)C3O)[C@H]2O)OC(CO)[C@H]1O. The van der Waals surface area contributed by atoms with Crippen molar-refractivity contribution >= 4 is 0 Å². The monoisotopic (exact) mass is 790 g/mol. The topological polar surface area (TPSA) is 317 Å². The van der Waals surface area contributed by atoms with Gasteiger partial charge in [-0.2, -0.15) is 0 Å². The molecule has 4 aliphatic rings. The van der Waals surface area contributed by atoms with E-state index in [0.717, 1.165) is 0 Å². The smallest absolute Gasteiger partial charge is 0.111 e. The zero-order valence-corrected chi connectivity index (χ0v) is 30.7.